The van der Waals surface area contributed by atoms with E-state index in [1.807, 2.05) is 0 Å². The van der Waals surface area contributed by atoms with E-state index in [1.165, 1.54) is 44.9 Å². The van der Waals surface area contributed by atoms with E-state index in [0.29, 0.717) is 12.2 Å². The Kier molecular flexibility index (Phi) is 7.05. The van der Waals surface area contributed by atoms with E-state index >= 15 is 0 Å². The highest BCUT2D eigenvalue weighted by molar-refractivity contribution is 5.13. The van der Waals surface area contributed by atoms with Crippen LogP contribution in [0.1, 0.15) is 51.9 Å². The predicted molar refractivity (Wildman–Crippen MR) is 83.0 cm³/mol. The lowest BCUT2D eigenvalue weighted by Gasteiger charge is -2.26. The van der Waals surface area contributed by atoms with E-state index in [9.17, 15) is 0 Å². The Bertz CT molecular complexity index is 297. The van der Waals surface area contributed by atoms with Gasteiger partial charge in [0.25, 0.3) is 0 Å². The first-order chi connectivity index (χ1) is 9.79. The van der Waals surface area contributed by atoms with E-state index in [-0.39, 0.29) is 0 Å². The largest absolute Gasteiger partial charge is 0.383 e. The highest BCUT2D eigenvalue weighted by Gasteiger charge is 2.23. The van der Waals surface area contributed by atoms with Gasteiger partial charge in [0, 0.05) is 20.2 Å². The minimum Gasteiger partial charge on any atom is -0.383 e. The number of methoxy groups -OCH3 is 1. The second-order valence-electron chi connectivity index (χ2n) is 6.31. The Labute approximate surface area is 124 Å². The Morgan fingerprint density at radius 3 is 2.65 bits per heavy atom. The third-order valence-electron chi connectivity index (χ3n) is 4.61. The van der Waals surface area contributed by atoms with Gasteiger partial charge in [-0.25, -0.2) is 0 Å². The van der Waals surface area contributed by atoms with E-state index in [1.54, 1.807) is 12.7 Å². The molecule has 2 atom stereocenters. The SMILES string of the molecule is COCCNCC(=CC1CCC(C)O1)C1CCCCC1. The third kappa shape index (κ3) is 5.19. The van der Waals surface area contributed by atoms with Crippen LogP contribution in [0.25, 0.3) is 0 Å². The summed E-state index contributed by atoms with van der Waals surface area (Å²) in [5, 5.41) is 3.52. The smallest absolute Gasteiger partial charge is 0.0763 e. The molecule has 2 unspecified atom stereocenters. The molecule has 2 aliphatic rings. The van der Waals surface area contributed by atoms with Crippen LogP contribution in [0.3, 0.4) is 0 Å². The summed E-state index contributed by atoms with van der Waals surface area (Å²) >= 11 is 0. The molecular formula is C17H31NO2. The van der Waals surface area contributed by atoms with Crippen LogP contribution in [0.15, 0.2) is 11.6 Å². The zero-order valence-electron chi connectivity index (χ0n) is 13.2. The van der Waals surface area contributed by atoms with Gasteiger partial charge in [-0.05, 0) is 38.5 Å². The quantitative estimate of drug-likeness (QED) is 0.574. The van der Waals surface area contributed by atoms with Crippen LogP contribution in [0.4, 0.5) is 0 Å². The standard InChI is InChI=1S/C17H31NO2/c1-14-8-9-17(20-14)12-16(13-18-10-11-19-2)15-6-4-3-5-7-15/h12,14-15,17-18H,3-11,13H2,1-2H3. The molecule has 2 fully saturated rings. The molecule has 0 bridgehead atoms. The molecule has 1 saturated carbocycles. The second-order valence-corrected chi connectivity index (χ2v) is 6.31. The Morgan fingerprint density at radius 2 is 2.00 bits per heavy atom. The lowest BCUT2D eigenvalue weighted by Crippen LogP contribution is -2.26. The molecule has 0 spiro atoms. The fraction of sp³-hybridized carbons (Fsp3) is 0.882. The van der Waals surface area contributed by atoms with Crippen molar-refractivity contribution >= 4 is 0 Å². The molecule has 2 rings (SSSR count). The zero-order valence-corrected chi connectivity index (χ0v) is 13.2. The summed E-state index contributed by atoms with van der Waals surface area (Å²) in [4.78, 5) is 0. The van der Waals surface area contributed by atoms with Crippen LogP contribution in [-0.2, 0) is 9.47 Å². The van der Waals surface area contributed by atoms with Crippen molar-refractivity contribution in [3.63, 3.8) is 0 Å². The number of ether oxygens (including phenoxy) is 2. The number of hydrogen-bond donors (Lipinski definition) is 1. The van der Waals surface area contributed by atoms with Gasteiger partial charge in [0.2, 0.25) is 0 Å². The lowest BCUT2D eigenvalue weighted by molar-refractivity contribution is 0.0823. The fourth-order valence-corrected chi connectivity index (χ4v) is 3.41. The first kappa shape index (κ1) is 16.0. The topological polar surface area (TPSA) is 30.5 Å². The van der Waals surface area contributed by atoms with Crippen molar-refractivity contribution in [3.8, 4) is 0 Å². The molecule has 0 amide bonds. The zero-order chi connectivity index (χ0) is 14.2. The number of rotatable bonds is 7. The molecule has 1 heterocycles. The van der Waals surface area contributed by atoms with Gasteiger partial charge in [0.05, 0.1) is 18.8 Å². The van der Waals surface area contributed by atoms with Crippen molar-refractivity contribution < 1.29 is 9.47 Å². The maximum absolute atomic E-state index is 5.98. The highest BCUT2D eigenvalue weighted by Crippen LogP contribution is 2.31. The van der Waals surface area contributed by atoms with Crippen LogP contribution >= 0.6 is 0 Å². The molecule has 20 heavy (non-hydrogen) atoms. The average molecular weight is 281 g/mol. The van der Waals surface area contributed by atoms with Crippen molar-refractivity contribution in [2.45, 2.75) is 64.1 Å². The Morgan fingerprint density at radius 1 is 1.20 bits per heavy atom. The molecule has 3 nitrogen and oxygen atoms in total. The van der Waals surface area contributed by atoms with Crippen molar-refractivity contribution in [2.75, 3.05) is 26.8 Å². The summed E-state index contributed by atoms with van der Waals surface area (Å²) in [6.07, 6.45) is 12.5. The van der Waals surface area contributed by atoms with Gasteiger partial charge in [-0.2, -0.15) is 0 Å². The lowest BCUT2D eigenvalue weighted by atomic mass is 9.83. The van der Waals surface area contributed by atoms with Crippen molar-refractivity contribution in [1.29, 1.82) is 0 Å². The fourth-order valence-electron chi connectivity index (χ4n) is 3.41. The van der Waals surface area contributed by atoms with Crippen molar-refractivity contribution in [3.05, 3.63) is 11.6 Å². The van der Waals surface area contributed by atoms with Gasteiger partial charge in [-0.15, -0.1) is 0 Å². The molecule has 1 aliphatic carbocycles. The van der Waals surface area contributed by atoms with Crippen molar-refractivity contribution in [2.24, 2.45) is 5.92 Å². The van der Waals surface area contributed by atoms with Crippen molar-refractivity contribution in [1.82, 2.24) is 5.32 Å². The molecule has 116 valence electrons. The van der Waals surface area contributed by atoms with Gasteiger partial charge >= 0.3 is 0 Å². The molecule has 3 heteroatoms. The number of hydrogen-bond acceptors (Lipinski definition) is 3. The number of nitrogens with one attached hydrogen (secondary N) is 1. The van der Waals surface area contributed by atoms with Crippen LogP contribution in [-0.4, -0.2) is 39.0 Å². The monoisotopic (exact) mass is 281 g/mol. The highest BCUT2D eigenvalue weighted by atomic mass is 16.5. The average Bonchev–Trinajstić information content (AvgIpc) is 2.88. The summed E-state index contributed by atoms with van der Waals surface area (Å²) in [5.41, 5.74) is 1.58. The predicted octanol–water partition coefficient (Wildman–Crippen LogP) is 3.30. The summed E-state index contributed by atoms with van der Waals surface area (Å²) in [5.74, 6) is 0.776. The Hall–Kier alpha value is -0.380. The van der Waals surface area contributed by atoms with Crippen LogP contribution in [0, 0.1) is 5.92 Å². The summed E-state index contributed by atoms with van der Waals surface area (Å²) in [6, 6.07) is 0. The summed E-state index contributed by atoms with van der Waals surface area (Å²) in [6.45, 7) is 4.91. The van der Waals surface area contributed by atoms with E-state index < -0.39 is 0 Å². The van der Waals surface area contributed by atoms with E-state index in [4.69, 9.17) is 9.47 Å². The molecule has 0 aromatic carbocycles. The molecule has 1 N–H and O–H groups in total. The van der Waals surface area contributed by atoms with Gasteiger partial charge < -0.3 is 14.8 Å². The van der Waals surface area contributed by atoms with E-state index in [0.717, 1.165) is 25.6 Å². The first-order valence-corrected chi connectivity index (χ1v) is 8.35. The van der Waals surface area contributed by atoms with Crippen LogP contribution in [0.5, 0.6) is 0 Å². The van der Waals surface area contributed by atoms with Crippen LogP contribution < -0.4 is 5.32 Å². The molecule has 1 saturated heterocycles. The Balaban J connectivity index is 1.89. The summed E-state index contributed by atoms with van der Waals surface area (Å²) < 4.78 is 11.1. The van der Waals surface area contributed by atoms with Gasteiger partial charge in [-0.1, -0.05) is 30.9 Å². The van der Waals surface area contributed by atoms with E-state index in [2.05, 4.69) is 18.3 Å². The molecule has 0 radical (unpaired) electrons. The molecule has 0 aromatic heterocycles. The maximum Gasteiger partial charge on any atom is 0.0763 e. The van der Waals surface area contributed by atoms with Gasteiger partial charge in [-0.3, -0.25) is 0 Å². The molecule has 0 aromatic rings. The van der Waals surface area contributed by atoms with Gasteiger partial charge in [0.1, 0.15) is 0 Å². The van der Waals surface area contributed by atoms with Gasteiger partial charge in [0.15, 0.2) is 0 Å². The van der Waals surface area contributed by atoms with Crippen LogP contribution in [0.2, 0.25) is 0 Å². The third-order valence-corrected chi connectivity index (χ3v) is 4.61. The second kappa shape index (κ2) is 8.81. The maximum atomic E-state index is 5.98. The summed E-state index contributed by atoms with van der Waals surface area (Å²) in [7, 11) is 1.76. The first-order valence-electron chi connectivity index (χ1n) is 8.35. The normalized spacial score (nSPS) is 29.0. The minimum atomic E-state index is 0.353. The minimum absolute atomic E-state index is 0.353. The molecule has 1 aliphatic heterocycles. The molecular weight excluding hydrogens is 250 g/mol.